The SMILES string of the molecule is O=C1COCC(c2ccc(F)cc2)N1. The molecule has 2 rings (SSSR count). The van der Waals surface area contributed by atoms with Crippen molar-refractivity contribution >= 4 is 5.91 Å². The number of rotatable bonds is 1. The highest BCUT2D eigenvalue weighted by Crippen LogP contribution is 2.16. The molecule has 1 atom stereocenters. The normalized spacial score (nSPS) is 21.8. The van der Waals surface area contributed by atoms with Crippen molar-refractivity contribution in [1.82, 2.24) is 5.32 Å². The first-order valence-electron chi connectivity index (χ1n) is 4.38. The van der Waals surface area contributed by atoms with Crippen molar-refractivity contribution in [2.24, 2.45) is 0 Å². The van der Waals surface area contributed by atoms with Gasteiger partial charge in [-0.05, 0) is 17.7 Å². The number of benzene rings is 1. The van der Waals surface area contributed by atoms with E-state index in [0.717, 1.165) is 5.56 Å². The maximum Gasteiger partial charge on any atom is 0.246 e. The molecule has 1 aliphatic rings. The van der Waals surface area contributed by atoms with Crippen LogP contribution in [0.2, 0.25) is 0 Å². The molecule has 14 heavy (non-hydrogen) atoms. The maximum absolute atomic E-state index is 12.6. The molecule has 1 aromatic rings. The van der Waals surface area contributed by atoms with Gasteiger partial charge in [0.25, 0.3) is 0 Å². The summed E-state index contributed by atoms with van der Waals surface area (Å²) in [6.07, 6.45) is 0. The van der Waals surface area contributed by atoms with Crippen molar-refractivity contribution in [3.8, 4) is 0 Å². The van der Waals surface area contributed by atoms with Gasteiger partial charge in [0, 0.05) is 0 Å². The predicted octanol–water partition coefficient (Wildman–Crippen LogP) is 1.01. The van der Waals surface area contributed by atoms with Crippen molar-refractivity contribution in [2.75, 3.05) is 13.2 Å². The van der Waals surface area contributed by atoms with E-state index in [-0.39, 0.29) is 24.4 Å². The molecule has 74 valence electrons. The standard InChI is InChI=1S/C10H10FNO2/c11-8-3-1-7(2-4-8)9-5-14-6-10(13)12-9/h1-4,9H,5-6H2,(H,12,13). The Morgan fingerprint density at radius 2 is 2.07 bits per heavy atom. The van der Waals surface area contributed by atoms with E-state index in [1.165, 1.54) is 12.1 Å². The fourth-order valence-corrected chi connectivity index (χ4v) is 1.42. The molecule has 1 unspecified atom stereocenters. The van der Waals surface area contributed by atoms with Crippen LogP contribution in [-0.2, 0) is 9.53 Å². The first kappa shape index (κ1) is 9.15. The van der Waals surface area contributed by atoms with Gasteiger partial charge in [-0.15, -0.1) is 0 Å². The lowest BCUT2D eigenvalue weighted by Gasteiger charge is -2.23. The van der Waals surface area contributed by atoms with Crippen molar-refractivity contribution < 1.29 is 13.9 Å². The van der Waals surface area contributed by atoms with Crippen LogP contribution in [0.3, 0.4) is 0 Å². The van der Waals surface area contributed by atoms with Gasteiger partial charge >= 0.3 is 0 Å². The van der Waals surface area contributed by atoms with Crippen LogP contribution in [0.25, 0.3) is 0 Å². The molecule has 4 heteroatoms. The van der Waals surface area contributed by atoms with Crippen LogP contribution in [0.15, 0.2) is 24.3 Å². The first-order valence-corrected chi connectivity index (χ1v) is 4.38. The van der Waals surface area contributed by atoms with Crippen LogP contribution in [-0.4, -0.2) is 19.1 Å². The Hall–Kier alpha value is -1.42. The Labute approximate surface area is 80.9 Å². The average molecular weight is 195 g/mol. The second kappa shape index (κ2) is 3.75. The van der Waals surface area contributed by atoms with E-state index in [1.807, 2.05) is 0 Å². The fraction of sp³-hybridized carbons (Fsp3) is 0.300. The molecule has 1 aliphatic heterocycles. The van der Waals surface area contributed by atoms with Crippen molar-refractivity contribution in [3.63, 3.8) is 0 Å². The number of ether oxygens (including phenoxy) is 1. The fourth-order valence-electron chi connectivity index (χ4n) is 1.42. The van der Waals surface area contributed by atoms with Crippen molar-refractivity contribution in [3.05, 3.63) is 35.6 Å². The summed E-state index contributed by atoms with van der Waals surface area (Å²) in [5.41, 5.74) is 0.861. The summed E-state index contributed by atoms with van der Waals surface area (Å²) in [6.45, 7) is 0.551. The zero-order chi connectivity index (χ0) is 9.97. The molecule has 1 N–H and O–H groups in total. The Morgan fingerprint density at radius 1 is 1.36 bits per heavy atom. The first-order chi connectivity index (χ1) is 6.75. The van der Waals surface area contributed by atoms with E-state index in [2.05, 4.69) is 5.32 Å². The second-order valence-corrected chi connectivity index (χ2v) is 3.19. The molecule has 0 aliphatic carbocycles. The lowest BCUT2D eigenvalue weighted by molar-refractivity contribution is -0.131. The van der Waals surface area contributed by atoms with Crippen LogP contribution < -0.4 is 5.32 Å². The highest BCUT2D eigenvalue weighted by atomic mass is 19.1. The van der Waals surface area contributed by atoms with E-state index in [1.54, 1.807) is 12.1 Å². The molecule has 0 bridgehead atoms. The zero-order valence-corrected chi connectivity index (χ0v) is 7.50. The number of amides is 1. The Morgan fingerprint density at radius 3 is 2.71 bits per heavy atom. The number of hydrogen-bond acceptors (Lipinski definition) is 2. The van der Waals surface area contributed by atoms with Crippen molar-refractivity contribution in [2.45, 2.75) is 6.04 Å². The maximum atomic E-state index is 12.6. The zero-order valence-electron chi connectivity index (χ0n) is 7.50. The molecular formula is C10H10FNO2. The summed E-state index contributed by atoms with van der Waals surface area (Å²) >= 11 is 0. The Bertz CT molecular complexity index is 336. The summed E-state index contributed by atoms with van der Waals surface area (Å²) in [4.78, 5) is 11.0. The summed E-state index contributed by atoms with van der Waals surface area (Å²) in [7, 11) is 0. The van der Waals surface area contributed by atoms with Gasteiger partial charge in [0.05, 0.1) is 12.6 Å². The van der Waals surface area contributed by atoms with Gasteiger partial charge in [0.1, 0.15) is 12.4 Å². The van der Waals surface area contributed by atoms with Gasteiger partial charge in [-0.3, -0.25) is 4.79 Å². The molecule has 1 saturated heterocycles. The molecule has 0 aromatic heterocycles. The number of nitrogens with one attached hydrogen (secondary N) is 1. The largest absolute Gasteiger partial charge is 0.369 e. The molecule has 1 aromatic carbocycles. The second-order valence-electron chi connectivity index (χ2n) is 3.19. The van der Waals surface area contributed by atoms with Gasteiger partial charge in [0.2, 0.25) is 5.91 Å². The molecule has 1 fully saturated rings. The lowest BCUT2D eigenvalue weighted by Crippen LogP contribution is -2.39. The molecule has 1 heterocycles. The van der Waals surface area contributed by atoms with Crippen molar-refractivity contribution in [1.29, 1.82) is 0 Å². The van der Waals surface area contributed by atoms with E-state index < -0.39 is 0 Å². The Balaban J connectivity index is 2.14. The molecule has 3 nitrogen and oxygen atoms in total. The van der Waals surface area contributed by atoms with Crippen LogP contribution in [0.4, 0.5) is 4.39 Å². The quantitative estimate of drug-likeness (QED) is 0.726. The van der Waals surface area contributed by atoms with Crippen LogP contribution in [0.5, 0.6) is 0 Å². The average Bonchev–Trinajstić information content (AvgIpc) is 2.19. The number of morpholine rings is 1. The summed E-state index contributed by atoms with van der Waals surface area (Å²) in [5.74, 6) is -0.414. The van der Waals surface area contributed by atoms with Gasteiger partial charge in [-0.25, -0.2) is 4.39 Å². The highest BCUT2D eigenvalue weighted by molar-refractivity contribution is 5.78. The smallest absolute Gasteiger partial charge is 0.246 e. The highest BCUT2D eigenvalue weighted by Gasteiger charge is 2.19. The molecule has 0 spiro atoms. The summed E-state index contributed by atoms with van der Waals surface area (Å²) in [5, 5.41) is 2.77. The number of halogens is 1. The van der Waals surface area contributed by atoms with Crippen LogP contribution >= 0.6 is 0 Å². The monoisotopic (exact) mass is 195 g/mol. The summed E-state index contributed by atoms with van der Waals surface area (Å²) in [6, 6.07) is 5.88. The third-order valence-electron chi connectivity index (χ3n) is 2.13. The molecule has 0 saturated carbocycles. The lowest BCUT2D eigenvalue weighted by atomic mass is 10.1. The minimum absolute atomic E-state index is 0.109. The van der Waals surface area contributed by atoms with Gasteiger partial charge in [0.15, 0.2) is 0 Å². The molecular weight excluding hydrogens is 185 g/mol. The van der Waals surface area contributed by atoms with Crippen LogP contribution in [0.1, 0.15) is 11.6 Å². The minimum Gasteiger partial charge on any atom is -0.369 e. The van der Waals surface area contributed by atoms with E-state index in [9.17, 15) is 9.18 Å². The number of carbonyl (C=O) groups is 1. The van der Waals surface area contributed by atoms with E-state index in [4.69, 9.17) is 4.74 Å². The topological polar surface area (TPSA) is 38.3 Å². The number of carbonyl (C=O) groups excluding carboxylic acids is 1. The van der Waals surface area contributed by atoms with Gasteiger partial charge < -0.3 is 10.1 Å². The number of hydrogen-bond donors (Lipinski definition) is 1. The van der Waals surface area contributed by atoms with Gasteiger partial charge in [-0.1, -0.05) is 12.1 Å². The third kappa shape index (κ3) is 1.90. The van der Waals surface area contributed by atoms with E-state index in [0.29, 0.717) is 6.61 Å². The molecule has 0 radical (unpaired) electrons. The predicted molar refractivity (Wildman–Crippen MR) is 48.1 cm³/mol. The van der Waals surface area contributed by atoms with E-state index >= 15 is 0 Å². The summed E-state index contributed by atoms with van der Waals surface area (Å²) < 4.78 is 17.7. The molecule has 1 amide bonds. The van der Waals surface area contributed by atoms with Gasteiger partial charge in [-0.2, -0.15) is 0 Å². The Kier molecular flexibility index (Phi) is 2.45. The minimum atomic E-state index is -0.281. The third-order valence-corrected chi connectivity index (χ3v) is 2.13. The van der Waals surface area contributed by atoms with Crippen LogP contribution in [0, 0.1) is 5.82 Å².